The van der Waals surface area contributed by atoms with Crippen molar-refractivity contribution in [2.24, 2.45) is 0 Å². The molecule has 0 saturated heterocycles. The first-order chi connectivity index (χ1) is 9.10. The second-order valence-corrected chi connectivity index (χ2v) is 5.72. The number of halogens is 1. The van der Waals surface area contributed by atoms with Crippen molar-refractivity contribution in [1.29, 1.82) is 0 Å². The lowest BCUT2D eigenvalue weighted by Crippen LogP contribution is -2.33. The summed E-state index contributed by atoms with van der Waals surface area (Å²) in [6.45, 7) is 5.78. The SMILES string of the molecule is CCCN(CCC)C(=O)CSc1c(N)cccc1Cl. The van der Waals surface area contributed by atoms with Crippen LogP contribution < -0.4 is 5.73 Å². The molecule has 5 heteroatoms. The van der Waals surface area contributed by atoms with Crippen molar-refractivity contribution in [2.45, 2.75) is 31.6 Å². The average molecular weight is 301 g/mol. The van der Waals surface area contributed by atoms with Crippen LogP contribution in [0.4, 0.5) is 5.69 Å². The number of nitrogen functional groups attached to an aromatic ring is 1. The summed E-state index contributed by atoms with van der Waals surface area (Å²) in [7, 11) is 0. The van der Waals surface area contributed by atoms with Crippen molar-refractivity contribution < 1.29 is 4.79 Å². The molecule has 2 N–H and O–H groups in total. The molecule has 0 fully saturated rings. The van der Waals surface area contributed by atoms with Gasteiger partial charge in [0.1, 0.15) is 0 Å². The van der Waals surface area contributed by atoms with E-state index >= 15 is 0 Å². The van der Waals surface area contributed by atoms with Crippen molar-refractivity contribution in [3.05, 3.63) is 23.2 Å². The Bertz CT molecular complexity index is 400. The molecule has 1 aromatic carbocycles. The van der Waals surface area contributed by atoms with Crippen LogP contribution in [0.15, 0.2) is 23.1 Å². The molecule has 0 radical (unpaired) electrons. The normalized spacial score (nSPS) is 10.5. The fourth-order valence-electron chi connectivity index (χ4n) is 1.80. The van der Waals surface area contributed by atoms with E-state index in [9.17, 15) is 4.79 Å². The van der Waals surface area contributed by atoms with Crippen LogP contribution in [0.3, 0.4) is 0 Å². The first kappa shape index (κ1) is 16.2. The molecule has 0 aliphatic rings. The van der Waals surface area contributed by atoms with Gasteiger partial charge in [-0.3, -0.25) is 4.79 Å². The van der Waals surface area contributed by atoms with Gasteiger partial charge in [-0.2, -0.15) is 0 Å². The van der Waals surface area contributed by atoms with Crippen LogP contribution in [-0.4, -0.2) is 29.6 Å². The summed E-state index contributed by atoms with van der Waals surface area (Å²) in [5, 5.41) is 0.607. The Balaban J connectivity index is 2.62. The molecule has 3 nitrogen and oxygen atoms in total. The van der Waals surface area contributed by atoms with E-state index in [1.165, 1.54) is 11.8 Å². The molecule has 0 saturated carbocycles. The van der Waals surface area contributed by atoms with Gasteiger partial charge in [-0.05, 0) is 25.0 Å². The van der Waals surface area contributed by atoms with E-state index < -0.39 is 0 Å². The molecule has 0 aliphatic heterocycles. The number of carbonyl (C=O) groups excluding carboxylic acids is 1. The van der Waals surface area contributed by atoms with Crippen LogP contribution in [0.5, 0.6) is 0 Å². The molecule has 0 heterocycles. The molecular formula is C14H21ClN2OS. The molecule has 0 aromatic heterocycles. The van der Waals surface area contributed by atoms with Gasteiger partial charge in [0.25, 0.3) is 0 Å². The minimum atomic E-state index is 0.146. The lowest BCUT2D eigenvalue weighted by molar-refractivity contribution is -0.128. The monoisotopic (exact) mass is 300 g/mol. The molecule has 0 atom stereocenters. The third-order valence-corrected chi connectivity index (χ3v) is 4.24. The maximum absolute atomic E-state index is 12.1. The van der Waals surface area contributed by atoms with Crippen LogP contribution in [0.1, 0.15) is 26.7 Å². The highest BCUT2D eigenvalue weighted by atomic mass is 35.5. The molecule has 0 aliphatic carbocycles. The number of anilines is 1. The summed E-state index contributed by atoms with van der Waals surface area (Å²) < 4.78 is 0. The quantitative estimate of drug-likeness (QED) is 0.617. The van der Waals surface area contributed by atoms with Crippen molar-refractivity contribution >= 4 is 35.0 Å². The molecule has 1 amide bonds. The molecular weight excluding hydrogens is 280 g/mol. The third-order valence-electron chi connectivity index (χ3n) is 2.68. The molecule has 0 bridgehead atoms. The van der Waals surface area contributed by atoms with Gasteiger partial charge in [-0.15, -0.1) is 11.8 Å². The molecule has 1 rings (SSSR count). The molecule has 1 aromatic rings. The Morgan fingerprint density at radius 2 is 1.95 bits per heavy atom. The summed E-state index contributed by atoms with van der Waals surface area (Å²) >= 11 is 7.50. The predicted molar refractivity (Wildman–Crippen MR) is 83.8 cm³/mol. The minimum Gasteiger partial charge on any atom is -0.398 e. The van der Waals surface area contributed by atoms with Crippen LogP contribution in [0.25, 0.3) is 0 Å². The lowest BCUT2D eigenvalue weighted by Gasteiger charge is -2.21. The van der Waals surface area contributed by atoms with E-state index in [1.807, 2.05) is 11.0 Å². The molecule has 0 spiro atoms. The van der Waals surface area contributed by atoms with Crippen LogP contribution in [-0.2, 0) is 4.79 Å². The van der Waals surface area contributed by atoms with Crippen molar-refractivity contribution in [1.82, 2.24) is 4.90 Å². The summed E-state index contributed by atoms with van der Waals surface area (Å²) in [5.74, 6) is 0.529. The predicted octanol–water partition coefficient (Wildman–Crippen LogP) is 3.66. The summed E-state index contributed by atoms with van der Waals surface area (Å²) in [6, 6.07) is 5.40. The number of benzene rings is 1. The van der Waals surface area contributed by atoms with Gasteiger partial charge in [0.15, 0.2) is 0 Å². The number of thioether (sulfide) groups is 1. The largest absolute Gasteiger partial charge is 0.398 e. The second kappa shape index (κ2) is 8.33. The van der Waals surface area contributed by atoms with Gasteiger partial charge in [0.05, 0.1) is 10.8 Å². The third kappa shape index (κ3) is 4.96. The number of carbonyl (C=O) groups is 1. The summed E-state index contributed by atoms with van der Waals surface area (Å²) in [5.41, 5.74) is 6.50. The Hall–Kier alpha value is -0.870. The highest BCUT2D eigenvalue weighted by Gasteiger charge is 2.14. The fourth-order valence-corrected chi connectivity index (χ4v) is 3.04. The topological polar surface area (TPSA) is 46.3 Å². The smallest absolute Gasteiger partial charge is 0.232 e. The zero-order valence-corrected chi connectivity index (χ0v) is 13.1. The van der Waals surface area contributed by atoms with E-state index in [0.29, 0.717) is 16.5 Å². The zero-order valence-electron chi connectivity index (χ0n) is 11.5. The van der Waals surface area contributed by atoms with E-state index in [4.69, 9.17) is 17.3 Å². The highest BCUT2D eigenvalue weighted by Crippen LogP contribution is 2.32. The second-order valence-electron chi connectivity index (χ2n) is 4.33. The fraction of sp³-hybridized carbons (Fsp3) is 0.500. The molecule has 19 heavy (non-hydrogen) atoms. The van der Waals surface area contributed by atoms with E-state index in [2.05, 4.69) is 13.8 Å². The summed E-state index contributed by atoms with van der Waals surface area (Å²) in [4.78, 5) is 14.8. The lowest BCUT2D eigenvalue weighted by atomic mass is 10.3. The zero-order chi connectivity index (χ0) is 14.3. The first-order valence-electron chi connectivity index (χ1n) is 6.54. The number of hydrogen-bond acceptors (Lipinski definition) is 3. The number of nitrogens with zero attached hydrogens (tertiary/aromatic N) is 1. The number of amides is 1. The number of rotatable bonds is 7. The van der Waals surface area contributed by atoms with Crippen LogP contribution >= 0.6 is 23.4 Å². The van der Waals surface area contributed by atoms with Crippen molar-refractivity contribution in [3.8, 4) is 0 Å². The Morgan fingerprint density at radius 3 is 2.47 bits per heavy atom. The minimum absolute atomic E-state index is 0.146. The van der Waals surface area contributed by atoms with Gasteiger partial charge in [-0.25, -0.2) is 0 Å². The average Bonchev–Trinajstić information content (AvgIpc) is 2.37. The Kier molecular flexibility index (Phi) is 7.10. The van der Waals surface area contributed by atoms with E-state index in [-0.39, 0.29) is 5.91 Å². The van der Waals surface area contributed by atoms with Crippen molar-refractivity contribution in [3.63, 3.8) is 0 Å². The maximum atomic E-state index is 12.1. The standard InChI is InChI=1S/C14H21ClN2OS/c1-3-8-17(9-4-2)13(18)10-19-14-11(15)6-5-7-12(14)16/h5-7H,3-4,8-10,16H2,1-2H3. The van der Waals surface area contributed by atoms with E-state index in [0.717, 1.165) is 30.8 Å². The highest BCUT2D eigenvalue weighted by molar-refractivity contribution is 8.00. The van der Waals surface area contributed by atoms with Gasteiger partial charge < -0.3 is 10.6 Å². The van der Waals surface area contributed by atoms with Gasteiger partial charge in [-0.1, -0.05) is 31.5 Å². The molecule has 106 valence electrons. The maximum Gasteiger partial charge on any atom is 0.232 e. The van der Waals surface area contributed by atoms with Gasteiger partial charge in [0, 0.05) is 23.7 Å². The van der Waals surface area contributed by atoms with Crippen molar-refractivity contribution in [2.75, 3.05) is 24.6 Å². The first-order valence-corrected chi connectivity index (χ1v) is 7.91. The van der Waals surface area contributed by atoms with Crippen LogP contribution in [0.2, 0.25) is 5.02 Å². The van der Waals surface area contributed by atoms with Gasteiger partial charge >= 0.3 is 0 Å². The molecule has 0 unspecified atom stereocenters. The summed E-state index contributed by atoms with van der Waals surface area (Å²) in [6.07, 6.45) is 1.95. The van der Waals surface area contributed by atoms with Gasteiger partial charge in [0.2, 0.25) is 5.91 Å². The van der Waals surface area contributed by atoms with Crippen LogP contribution in [0, 0.1) is 0 Å². The number of hydrogen-bond donors (Lipinski definition) is 1. The van der Waals surface area contributed by atoms with E-state index in [1.54, 1.807) is 12.1 Å². The number of nitrogens with two attached hydrogens (primary N) is 1. The Morgan fingerprint density at radius 1 is 1.32 bits per heavy atom. The Labute approximate surface area is 124 Å².